The van der Waals surface area contributed by atoms with Gasteiger partial charge in [0, 0.05) is 12.7 Å². The predicted molar refractivity (Wildman–Crippen MR) is 79.0 cm³/mol. The van der Waals surface area contributed by atoms with Crippen LogP contribution in [0.4, 0.5) is 5.82 Å². The van der Waals surface area contributed by atoms with E-state index in [-0.39, 0.29) is 4.90 Å². The van der Waals surface area contributed by atoms with Crippen LogP contribution < -0.4 is 10.5 Å². The Morgan fingerprint density at radius 3 is 2.50 bits per heavy atom. The number of sulfonamides is 1. The average molecular weight is 291 g/mol. The molecule has 3 N–H and O–H groups in total. The van der Waals surface area contributed by atoms with Crippen molar-refractivity contribution in [3.8, 4) is 0 Å². The van der Waals surface area contributed by atoms with Crippen molar-refractivity contribution in [1.82, 2.24) is 4.98 Å². The molecule has 0 radical (unpaired) electrons. The molecule has 6 heteroatoms. The Morgan fingerprint density at radius 1 is 1.20 bits per heavy atom. The molecule has 0 aliphatic carbocycles. The van der Waals surface area contributed by atoms with Crippen molar-refractivity contribution < 1.29 is 8.42 Å². The molecule has 1 aromatic heterocycles. The minimum absolute atomic E-state index is 0.134. The van der Waals surface area contributed by atoms with Crippen LogP contribution in [0.1, 0.15) is 11.1 Å². The van der Waals surface area contributed by atoms with Gasteiger partial charge < -0.3 is 5.32 Å². The first kappa shape index (κ1) is 14.5. The first-order valence-corrected chi connectivity index (χ1v) is 7.78. The maximum atomic E-state index is 11.1. The van der Waals surface area contributed by atoms with E-state index in [0.717, 1.165) is 29.9 Å². The number of anilines is 1. The van der Waals surface area contributed by atoms with E-state index in [1.54, 1.807) is 18.3 Å². The molecule has 0 spiro atoms. The van der Waals surface area contributed by atoms with Crippen molar-refractivity contribution in [2.45, 2.75) is 18.2 Å². The molecule has 0 bridgehead atoms. The molecule has 0 saturated carbocycles. The van der Waals surface area contributed by atoms with Gasteiger partial charge in [-0.1, -0.05) is 12.1 Å². The molecule has 0 unspecified atom stereocenters. The van der Waals surface area contributed by atoms with Crippen LogP contribution in [0.3, 0.4) is 0 Å². The van der Waals surface area contributed by atoms with E-state index in [2.05, 4.69) is 10.3 Å². The van der Waals surface area contributed by atoms with Gasteiger partial charge >= 0.3 is 0 Å². The summed E-state index contributed by atoms with van der Waals surface area (Å²) >= 11 is 0. The third-order valence-corrected chi connectivity index (χ3v) is 3.82. The predicted octanol–water partition coefficient (Wildman–Crippen LogP) is 1.69. The summed E-state index contributed by atoms with van der Waals surface area (Å²) in [5.41, 5.74) is 2.19. The van der Waals surface area contributed by atoms with Crippen molar-refractivity contribution >= 4 is 15.8 Å². The minimum Gasteiger partial charge on any atom is -0.370 e. The Balaban J connectivity index is 1.92. The van der Waals surface area contributed by atoms with Gasteiger partial charge in [0.15, 0.2) is 0 Å². The number of benzene rings is 1. The van der Waals surface area contributed by atoms with E-state index < -0.39 is 10.0 Å². The second-order valence-corrected chi connectivity index (χ2v) is 6.15. The standard InChI is InChI=1S/C14H17N3O2S/c1-11-6-8-16-14(10-11)17-9-7-12-2-4-13(5-3-12)20(15,18)19/h2-6,8,10H,7,9H2,1H3,(H,16,17)(H2,15,18,19). The van der Waals surface area contributed by atoms with Gasteiger partial charge in [-0.25, -0.2) is 18.5 Å². The van der Waals surface area contributed by atoms with Crippen molar-refractivity contribution in [3.63, 3.8) is 0 Å². The molecule has 0 aliphatic heterocycles. The first-order valence-electron chi connectivity index (χ1n) is 6.23. The quantitative estimate of drug-likeness (QED) is 0.878. The Bertz CT molecular complexity index is 682. The molecule has 20 heavy (non-hydrogen) atoms. The molecular formula is C14H17N3O2S. The normalized spacial score (nSPS) is 11.3. The zero-order chi connectivity index (χ0) is 14.6. The van der Waals surface area contributed by atoms with Crippen LogP contribution in [0.2, 0.25) is 0 Å². The van der Waals surface area contributed by atoms with Gasteiger partial charge in [-0.05, 0) is 48.7 Å². The number of nitrogens with two attached hydrogens (primary N) is 1. The second kappa shape index (κ2) is 6.02. The number of hydrogen-bond donors (Lipinski definition) is 2. The molecule has 0 aliphatic rings. The summed E-state index contributed by atoms with van der Waals surface area (Å²) < 4.78 is 22.3. The molecule has 0 atom stereocenters. The summed E-state index contributed by atoms with van der Waals surface area (Å²) in [6, 6.07) is 10.5. The number of primary sulfonamides is 1. The smallest absolute Gasteiger partial charge is 0.238 e. The highest BCUT2D eigenvalue weighted by atomic mass is 32.2. The lowest BCUT2D eigenvalue weighted by atomic mass is 10.1. The minimum atomic E-state index is -3.61. The third-order valence-electron chi connectivity index (χ3n) is 2.89. The van der Waals surface area contributed by atoms with Crippen molar-refractivity contribution in [3.05, 3.63) is 53.7 Å². The maximum absolute atomic E-state index is 11.1. The summed E-state index contributed by atoms with van der Waals surface area (Å²) in [4.78, 5) is 4.34. The molecule has 1 aromatic carbocycles. The zero-order valence-corrected chi connectivity index (χ0v) is 12.0. The van der Waals surface area contributed by atoms with Gasteiger partial charge in [-0.3, -0.25) is 0 Å². The molecule has 1 heterocycles. The summed E-state index contributed by atoms with van der Waals surface area (Å²) in [6.07, 6.45) is 2.54. The molecule has 106 valence electrons. The second-order valence-electron chi connectivity index (χ2n) is 4.58. The Labute approximate surface area is 118 Å². The van der Waals surface area contributed by atoms with Gasteiger partial charge in [0.1, 0.15) is 5.82 Å². The molecule has 0 fully saturated rings. The number of pyridine rings is 1. The van der Waals surface area contributed by atoms with Gasteiger partial charge in [0.05, 0.1) is 4.90 Å². The summed E-state index contributed by atoms with van der Waals surface area (Å²) in [5.74, 6) is 0.839. The molecule has 0 saturated heterocycles. The van der Waals surface area contributed by atoms with Crippen molar-refractivity contribution in [2.24, 2.45) is 5.14 Å². The number of nitrogens with one attached hydrogen (secondary N) is 1. The van der Waals surface area contributed by atoms with Crippen LogP contribution in [-0.4, -0.2) is 19.9 Å². The van der Waals surface area contributed by atoms with E-state index in [0.29, 0.717) is 0 Å². The molecule has 0 amide bonds. The highest BCUT2D eigenvalue weighted by Crippen LogP contribution is 2.10. The summed E-state index contributed by atoms with van der Waals surface area (Å²) in [5, 5.41) is 8.27. The number of aryl methyl sites for hydroxylation is 1. The highest BCUT2D eigenvalue weighted by Gasteiger charge is 2.06. The fourth-order valence-electron chi connectivity index (χ4n) is 1.81. The number of hydrogen-bond acceptors (Lipinski definition) is 4. The number of aromatic nitrogens is 1. The van der Waals surface area contributed by atoms with E-state index >= 15 is 0 Å². The topological polar surface area (TPSA) is 85.1 Å². The zero-order valence-electron chi connectivity index (χ0n) is 11.2. The lowest BCUT2D eigenvalue weighted by molar-refractivity contribution is 0.598. The van der Waals surface area contributed by atoms with Crippen LogP contribution in [0.15, 0.2) is 47.5 Å². The monoisotopic (exact) mass is 291 g/mol. The van der Waals surface area contributed by atoms with E-state index in [4.69, 9.17) is 5.14 Å². The average Bonchev–Trinajstić information content (AvgIpc) is 2.38. The van der Waals surface area contributed by atoms with Crippen LogP contribution in [0.25, 0.3) is 0 Å². The number of nitrogens with zero attached hydrogens (tertiary/aromatic N) is 1. The summed E-state index contributed by atoms with van der Waals surface area (Å²) in [6.45, 7) is 2.74. The largest absolute Gasteiger partial charge is 0.370 e. The van der Waals surface area contributed by atoms with E-state index in [1.807, 2.05) is 19.1 Å². The van der Waals surface area contributed by atoms with E-state index in [1.165, 1.54) is 12.1 Å². The number of rotatable bonds is 5. The van der Waals surface area contributed by atoms with Crippen LogP contribution in [0.5, 0.6) is 0 Å². The van der Waals surface area contributed by atoms with E-state index in [9.17, 15) is 8.42 Å². The van der Waals surface area contributed by atoms with Gasteiger partial charge in [-0.15, -0.1) is 0 Å². The Hall–Kier alpha value is -1.92. The van der Waals surface area contributed by atoms with Crippen LogP contribution in [-0.2, 0) is 16.4 Å². The van der Waals surface area contributed by atoms with Crippen LogP contribution in [0, 0.1) is 6.92 Å². The summed E-state index contributed by atoms with van der Waals surface area (Å²) in [7, 11) is -3.61. The molecule has 2 aromatic rings. The lowest BCUT2D eigenvalue weighted by Gasteiger charge is -2.06. The fraction of sp³-hybridized carbons (Fsp3) is 0.214. The molecular weight excluding hydrogens is 274 g/mol. The van der Waals surface area contributed by atoms with Gasteiger partial charge in [0.25, 0.3) is 0 Å². The maximum Gasteiger partial charge on any atom is 0.238 e. The van der Waals surface area contributed by atoms with Gasteiger partial charge in [0.2, 0.25) is 10.0 Å². The first-order chi connectivity index (χ1) is 9.45. The van der Waals surface area contributed by atoms with Crippen molar-refractivity contribution in [2.75, 3.05) is 11.9 Å². The SMILES string of the molecule is Cc1ccnc(NCCc2ccc(S(N)(=O)=O)cc2)c1. The Morgan fingerprint density at radius 2 is 1.90 bits per heavy atom. The molecule has 5 nitrogen and oxygen atoms in total. The van der Waals surface area contributed by atoms with Gasteiger partial charge in [-0.2, -0.15) is 0 Å². The fourth-order valence-corrected chi connectivity index (χ4v) is 2.33. The van der Waals surface area contributed by atoms with Crippen molar-refractivity contribution in [1.29, 1.82) is 0 Å². The molecule has 2 rings (SSSR count). The third kappa shape index (κ3) is 4.04. The lowest BCUT2D eigenvalue weighted by Crippen LogP contribution is -2.12. The Kier molecular flexibility index (Phi) is 4.36. The van der Waals surface area contributed by atoms with Crippen LogP contribution >= 0.6 is 0 Å². The highest BCUT2D eigenvalue weighted by molar-refractivity contribution is 7.89.